The van der Waals surface area contributed by atoms with Gasteiger partial charge in [-0.3, -0.25) is 4.79 Å². The van der Waals surface area contributed by atoms with Gasteiger partial charge in [0, 0.05) is 12.6 Å². The third kappa shape index (κ3) is 2.52. The molecule has 100 valence electrons. The van der Waals surface area contributed by atoms with Crippen molar-refractivity contribution in [3.63, 3.8) is 0 Å². The molecule has 1 amide bonds. The summed E-state index contributed by atoms with van der Waals surface area (Å²) in [6.07, 6.45) is 1.60. The molecule has 1 aromatic heterocycles. The lowest BCUT2D eigenvalue weighted by molar-refractivity contribution is 0.0996. The lowest BCUT2D eigenvalue weighted by Gasteiger charge is -2.19. The number of carbonyl (C=O) groups excluding carboxylic acids is 1. The Balaban J connectivity index is 2.49. The van der Waals surface area contributed by atoms with Crippen LogP contribution in [-0.4, -0.2) is 15.5 Å². The highest BCUT2D eigenvalue weighted by molar-refractivity contribution is 5.97. The number of aryl methyl sites for hydroxylation is 1. The molecule has 0 atom stereocenters. The van der Waals surface area contributed by atoms with Crippen LogP contribution in [0.4, 0.5) is 0 Å². The molecule has 2 N–H and O–H groups in total. The Hall–Kier alpha value is -2.10. The summed E-state index contributed by atoms with van der Waals surface area (Å²) in [6.45, 7) is 6.50. The quantitative estimate of drug-likeness (QED) is 0.898. The number of carbonyl (C=O) groups is 1. The van der Waals surface area contributed by atoms with E-state index in [0.29, 0.717) is 5.69 Å². The molecule has 0 bridgehead atoms. The van der Waals surface area contributed by atoms with Gasteiger partial charge in [-0.05, 0) is 11.0 Å². The highest BCUT2D eigenvalue weighted by Gasteiger charge is 2.17. The maximum absolute atomic E-state index is 11.4. The van der Waals surface area contributed by atoms with E-state index in [4.69, 9.17) is 5.73 Å². The van der Waals surface area contributed by atoms with Crippen LogP contribution in [0.2, 0.25) is 0 Å². The smallest absolute Gasteiger partial charge is 0.269 e. The summed E-state index contributed by atoms with van der Waals surface area (Å²) in [5.74, 6) is -0.504. The van der Waals surface area contributed by atoms with Crippen LogP contribution in [0.25, 0.3) is 11.3 Å². The minimum atomic E-state index is -0.504. The molecule has 1 heterocycles. The van der Waals surface area contributed by atoms with Gasteiger partial charge in [0.1, 0.15) is 0 Å². The molecule has 0 aliphatic rings. The van der Waals surface area contributed by atoms with Crippen LogP contribution in [0, 0.1) is 0 Å². The van der Waals surface area contributed by atoms with E-state index >= 15 is 0 Å². The molecule has 0 aliphatic carbocycles. The van der Waals surface area contributed by atoms with Gasteiger partial charge in [0.2, 0.25) is 0 Å². The largest absolute Gasteiger partial charge is 0.364 e. The summed E-state index contributed by atoms with van der Waals surface area (Å²) in [6, 6.07) is 8.16. The van der Waals surface area contributed by atoms with Crippen LogP contribution in [0.1, 0.15) is 36.8 Å². The van der Waals surface area contributed by atoms with E-state index in [0.717, 1.165) is 11.3 Å². The van der Waals surface area contributed by atoms with E-state index in [1.807, 2.05) is 23.7 Å². The Labute approximate surface area is 113 Å². The summed E-state index contributed by atoms with van der Waals surface area (Å²) in [4.78, 5) is 15.4. The monoisotopic (exact) mass is 257 g/mol. The standard InChI is InChI=1S/C15H19N3O/c1-15(2,3)11-7-5-10(6-8-11)13-12(14(16)19)17-9-18(13)4/h5-9H,1-4H3,(H2,16,19). The molecular weight excluding hydrogens is 238 g/mol. The average molecular weight is 257 g/mol. The number of nitrogens with zero attached hydrogens (tertiary/aromatic N) is 2. The second-order valence-corrected chi connectivity index (χ2v) is 5.74. The molecule has 0 aliphatic heterocycles. The Bertz CT molecular complexity index is 603. The molecule has 2 aromatic rings. The van der Waals surface area contributed by atoms with Crippen molar-refractivity contribution in [2.45, 2.75) is 26.2 Å². The van der Waals surface area contributed by atoms with Crippen molar-refractivity contribution in [1.29, 1.82) is 0 Å². The third-order valence-electron chi connectivity index (χ3n) is 3.19. The average Bonchev–Trinajstić information content (AvgIpc) is 2.70. The maximum atomic E-state index is 11.4. The number of nitrogens with two attached hydrogens (primary N) is 1. The minimum absolute atomic E-state index is 0.109. The van der Waals surface area contributed by atoms with Gasteiger partial charge in [0.05, 0.1) is 12.0 Å². The predicted molar refractivity (Wildman–Crippen MR) is 75.9 cm³/mol. The molecule has 0 saturated heterocycles. The number of hydrogen-bond donors (Lipinski definition) is 1. The van der Waals surface area contributed by atoms with Gasteiger partial charge in [-0.1, -0.05) is 45.0 Å². The Kier molecular flexibility index (Phi) is 3.18. The van der Waals surface area contributed by atoms with Gasteiger partial charge in [-0.2, -0.15) is 0 Å². The van der Waals surface area contributed by atoms with Gasteiger partial charge in [0.25, 0.3) is 5.91 Å². The molecule has 0 saturated carbocycles. The fraction of sp³-hybridized carbons (Fsp3) is 0.333. The SMILES string of the molecule is Cn1cnc(C(N)=O)c1-c1ccc(C(C)(C)C)cc1. The fourth-order valence-corrected chi connectivity index (χ4v) is 2.08. The van der Waals surface area contributed by atoms with Crippen LogP contribution in [0.5, 0.6) is 0 Å². The van der Waals surface area contributed by atoms with Gasteiger partial charge in [-0.15, -0.1) is 0 Å². The first-order chi connectivity index (χ1) is 8.80. The summed E-state index contributed by atoms with van der Waals surface area (Å²) in [7, 11) is 1.85. The number of imidazole rings is 1. The number of hydrogen-bond acceptors (Lipinski definition) is 2. The molecule has 0 spiro atoms. The zero-order chi connectivity index (χ0) is 14.2. The highest BCUT2D eigenvalue weighted by atomic mass is 16.1. The molecule has 4 nitrogen and oxygen atoms in total. The molecular formula is C15H19N3O. The predicted octanol–water partition coefficient (Wildman–Crippen LogP) is 2.48. The van der Waals surface area contributed by atoms with Crippen LogP contribution < -0.4 is 5.73 Å². The van der Waals surface area contributed by atoms with Gasteiger partial charge >= 0.3 is 0 Å². The summed E-state index contributed by atoms with van der Waals surface area (Å²) in [5, 5.41) is 0. The second kappa shape index (κ2) is 4.53. The number of aromatic nitrogens is 2. The molecule has 0 radical (unpaired) electrons. The van der Waals surface area contributed by atoms with Crippen LogP contribution in [-0.2, 0) is 12.5 Å². The van der Waals surface area contributed by atoms with E-state index < -0.39 is 5.91 Å². The Morgan fingerprint density at radius 3 is 2.26 bits per heavy atom. The number of rotatable bonds is 2. The van der Waals surface area contributed by atoms with Crippen molar-refractivity contribution in [2.24, 2.45) is 12.8 Å². The van der Waals surface area contributed by atoms with E-state index in [-0.39, 0.29) is 5.41 Å². The summed E-state index contributed by atoms with van der Waals surface area (Å²) >= 11 is 0. The molecule has 19 heavy (non-hydrogen) atoms. The van der Waals surface area contributed by atoms with E-state index in [1.54, 1.807) is 6.33 Å². The molecule has 0 unspecified atom stereocenters. The van der Waals surface area contributed by atoms with Gasteiger partial charge < -0.3 is 10.3 Å². The van der Waals surface area contributed by atoms with Gasteiger partial charge in [0.15, 0.2) is 5.69 Å². The zero-order valence-corrected chi connectivity index (χ0v) is 11.8. The van der Waals surface area contributed by atoms with Crippen LogP contribution in [0.15, 0.2) is 30.6 Å². The van der Waals surface area contributed by atoms with E-state index in [9.17, 15) is 4.79 Å². The lowest BCUT2D eigenvalue weighted by Crippen LogP contribution is -2.13. The molecule has 2 rings (SSSR count). The van der Waals surface area contributed by atoms with E-state index in [1.165, 1.54) is 5.56 Å². The van der Waals surface area contributed by atoms with Crippen LogP contribution >= 0.6 is 0 Å². The van der Waals surface area contributed by atoms with Crippen molar-refractivity contribution < 1.29 is 4.79 Å². The highest BCUT2D eigenvalue weighted by Crippen LogP contribution is 2.27. The maximum Gasteiger partial charge on any atom is 0.269 e. The zero-order valence-electron chi connectivity index (χ0n) is 11.8. The Morgan fingerprint density at radius 2 is 1.79 bits per heavy atom. The summed E-state index contributed by atoms with van der Waals surface area (Å²) in [5.41, 5.74) is 8.72. The molecule has 0 fully saturated rings. The molecule has 1 aromatic carbocycles. The van der Waals surface area contributed by atoms with Crippen molar-refractivity contribution in [3.8, 4) is 11.3 Å². The fourth-order valence-electron chi connectivity index (χ4n) is 2.08. The van der Waals surface area contributed by atoms with E-state index in [2.05, 4.69) is 37.9 Å². The van der Waals surface area contributed by atoms with Crippen molar-refractivity contribution in [2.75, 3.05) is 0 Å². The first-order valence-electron chi connectivity index (χ1n) is 6.22. The van der Waals surface area contributed by atoms with Crippen molar-refractivity contribution in [1.82, 2.24) is 9.55 Å². The first kappa shape index (κ1) is 13.3. The number of benzene rings is 1. The minimum Gasteiger partial charge on any atom is -0.364 e. The third-order valence-corrected chi connectivity index (χ3v) is 3.19. The van der Waals surface area contributed by atoms with Crippen molar-refractivity contribution in [3.05, 3.63) is 41.9 Å². The topological polar surface area (TPSA) is 60.9 Å². The Morgan fingerprint density at radius 1 is 1.21 bits per heavy atom. The normalized spacial score (nSPS) is 11.6. The second-order valence-electron chi connectivity index (χ2n) is 5.74. The number of primary amides is 1. The van der Waals surface area contributed by atoms with Crippen LogP contribution in [0.3, 0.4) is 0 Å². The van der Waals surface area contributed by atoms with Gasteiger partial charge in [-0.25, -0.2) is 4.98 Å². The summed E-state index contributed by atoms with van der Waals surface area (Å²) < 4.78 is 1.81. The molecule has 4 heteroatoms. The van der Waals surface area contributed by atoms with Crippen molar-refractivity contribution >= 4 is 5.91 Å². The number of amides is 1. The first-order valence-corrected chi connectivity index (χ1v) is 6.22. The lowest BCUT2D eigenvalue weighted by atomic mass is 9.86.